The molecule has 0 spiro atoms. The van der Waals surface area contributed by atoms with Gasteiger partial charge in [-0.15, -0.1) is 0 Å². The Morgan fingerprint density at radius 2 is 2.08 bits per heavy atom. The van der Waals surface area contributed by atoms with Crippen LogP contribution >= 0.6 is 0 Å². The van der Waals surface area contributed by atoms with Gasteiger partial charge in [-0.05, 0) is 19.3 Å². The van der Waals surface area contributed by atoms with Crippen LogP contribution < -0.4 is 11.5 Å². The number of aliphatic carboxylic acids is 1. The first-order chi connectivity index (χ1) is 5.54. The van der Waals surface area contributed by atoms with Crippen LogP contribution in [0.3, 0.4) is 0 Å². The Bertz CT molecular complexity index is 217. The third kappa shape index (κ3) is 1.87. The highest BCUT2D eigenvalue weighted by Crippen LogP contribution is 2.38. The zero-order valence-electron chi connectivity index (χ0n) is 6.79. The molecule has 12 heavy (non-hydrogen) atoms. The van der Waals surface area contributed by atoms with Crippen molar-refractivity contribution in [2.24, 2.45) is 16.5 Å². The van der Waals surface area contributed by atoms with E-state index in [1.54, 1.807) is 0 Å². The molecule has 0 atom stereocenters. The third-order valence-electron chi connectivity index (χ3n) is 2.13. The van der Waals surface area contributed by atoms with E-state index >= 15 is 0 Å². The van der Waals surface area contributed by atoms with Crippen molar-refractivity contribution in [1.82, 2.24) is 0 Å². The molecule has 1 aliphatic carbocycles. The van der Waals surface area contributed by atoms with E-state index in [2.05, 4.69) is 4.99 Å². The molecule has 0 aromatic rings. The molecule has 68 valence electrons. The molecular weight excluding hydrogens is 158 g/mol. The van der Waals surface area contributed by atoms with Crippen molar-refractivity contribution in [1.29, 1.82) is 0 Å². The zero-order chi connectivity index (χ0) is 9.19. The van der Waals surface area contributed by atoms with Crippen molar-refractivity contribution in [3.05, 3.63) is 0 Å². The van der Waals surface area contributed by atoms with E-state index in [1.165, 1.54) is 0 Å². The highest BCUT2D eigenvalue weighted by atomic mass is 16.4. The van der Waals surface area contributed by atoms with Crippen molar-refractivity contribution < 1.29 is 9.90 Å². The second-order valence-electron chi connectivity index (χ2n) is 3.19. The number of carboxylic acids is 1. The minimum Gasteiger partial charge on any atom is -0.481 e. The van der Waals surface area contributed by atoms with Gasteiger partial charge >= 0.3 is 5.97 Å². The maximum Gasteiger partial charge on any atom is 0.305 e. The molecule has 0 heterocycles. The largest absolute Gasteiger partial charge is 0.481 e. The predicted octanol–water partition coefficient (Wildman–Crippen LogP) is -0.343. The van der Waals surface area contributed by atoms with E-state index in [4.69, 9.17) is 16.6 Å². The first kappa shape index (κ1) is 8.83. The Balaban J connectivity index is 2.63. The molecule has 1 aliphatic rings. The normalized spacial score (nSPS) is 19.3. The van der Waals surface area contributed by atoms with Gasteiger partial charge in [0.1, 0.15) is 0 Å². The summed E-state index contributed by atoms with van der Waals surface area (Å²) in [5.41, 5.74) is 9.90. The molecule has 0 saturated heterocycles. The van der Waals surface area contributed by atoms with Gasteiger partial charge in [-0.1, -0.05) is 0 Å². The van der Waals surface area contributed by atoms with E-state index in [0.29, 0.717) is 0 Å². The van der Waals surface area contributed by atoms with Crippen LogP contribution in [0.1, 0.15) is 25.7 Å². The maximum atomic E-state index is 10.4. The summed E-state index contributed by atoms with van der Waals surface area (Å²) in [6.45, 7) is 0. The fourth-order valence-corrected chi connectivity index (χ4v) is 1.47. The molecule has 0 aromatic heterocycles. The molecule has 5 nitrogen and oxygen atoms in total. The van der Waals surface area contributed by atoms with Crippen molar-refractivity contribution in [2.75, 3.05) is 0 Å². The maximum absolute atomic E-state index is 10.4. The fourth-order valence-electron chi connectivity index (χ4n) is 1.47. The lowest BCUT2D eigenvalue weighted by Crippen LogP contribution is -2.41. The number of aliphatic imine (C=N–C) groups is 1. The summed E-state index contributed by atoms with van der Waals surface area (Å²) >= 11 is 0. The standard InChI is InChI=1S/C7H13N3O2/c8-6(9)10-7(2-1-3-7)4-5(11)12/h1-4H2,(H,11,12)(H4,8,9,10). The van der Waals surface area contributed by atoms with Crippen molar-refractivity contribution in [3.63, 3.8) is 0 Å². The van der Waals surface area contributed by atoms with Crippen molar-refractivity contribution in [3.8, 4) is 0 Å². The summed E-state index contributed by atoms with van der Waals surface area (Å²) in [4.78, 5) is 14.4. The zero-order valence-corrected chi connectivity index (χ0v) is 6.79. The number of nitrogens with zero attached hydrogens (tertiary/aromatic N) is 1. The monoisotopic (exact) mass is 171 g/mol. The van der Waals surface area contributed by atoms with Gasteiger partial charge in [0, 0.05) is 0 Å². The summed E-state index contributed by atoms with van der Waals surface area (Å²) in [6, 6.07) is 0. The molecule has 0 radical (unpaired) electrons. The Hall–Kier alpha value is -1.26. The van der Waals surface area contributed by atoms with Crippen LogP contribution in [0.2, 0.25) is 0 Å². The summed E-state index contributed by atoms with van der Waals surface area (Å²) in [5.74, 6) is -0.865. The van der Waals surface area contributed by atoms with Gasteiger partial charge in [-0.3, -0.25) is 4.79 Å². The second kappa shape index (κ2) is 3.00. The lowest BCUT2D eigenvalue weighted by atomic mass is 9.75. The highest BCUT2D eigenvalue weighted by Gasteiger charge is 2.38. The SMILES string of the molecule is NC(N)=NC1(CC(=O)O)CCC1. The van der Waals surface area contributed by atoms with Gasteiger partial charge in [0.25, 0.3) is 0 Å². The number of carboxylic acid groups (broad SMARTS) is 1. The van der Waals surface area contributed by atoms with Crippen LogP contribution in [0, 0.1) is 0 Å². The van der Waals surface area contributed by atoms with Crippen molar-refractivity contribution in [2.45, 2.75) is 31.2 Å². The number of guanidine groups is 1. The van der Waals surface area contributed by atoms with Gasteiger partial charge in [0.2, 0.25) is 0 Å². The summed E-state index contributed by atoms with van der Waals surface area (Å²) in [5, 5.41) is 8.58. The first-order valence-electron chi connectivity index (χ1n) is 3.87. The summed E-state index contributed by atoms with van der Waals surface area (Å²) < 4.78 is 0. The van der Waals surface area contributed by atoms with Gasteiger partial charge in [-0.25, -0.2) is 4.99 Å². The molecule has 0 amide bonds. The van der Waals surface area contributed by atoms with Gasteiger partial charge in [0.15, 0.2) is 5.96 Å². The number of carbonyl (C=O) groups is 1. The Kier molecular flexibility index (Phi) is 2.21. The lowest BCUT2D eigenvalue weighted by molar-refractivity contribution is -0.139. The van der Waals surface area contributed by atoms with Gasteiger partial charge < -0.3 is 16.6 Å². The predicted molar refractivity (Wildman–Crippen MR) is 44.6 cm³/mol. The number of nitrogens with two attached hydrogens (primary N) is 2. The number of hydrogen-bond donors (Lipinski definition) is 3. The van der Waals surface area contributed by atoms with Crippen LogP contribution in [-0.4, -0.2) is 22.6 Å². The molecule has 5 N–H and O–H groups in total. The average molecular weight is 171 g/mol. The molecule has 1 saturated carbocycles. The molecule has 0 bridgehead atoms. The molecular formula is C7H13N3O2. The molecule has 0 aromatic carbocycles. The molecule has 1 rings (SSSR count). The minimum absolute atomic E-state index is 0.0176. The van der Waals surface area contributed by atoms with Gasteiger partial charge in [-0.2, -0.15) is 0 Å². The summed E-state index contributed by atoms with van der Waals surface area (Å²) in [7, 11) is 0. The van der Waals surface area contributed by atoms with Crippen molar-refractivity contribution >= 4 is 11.9 Å². The number of hydrogen-bond acceptors (Lipinski definition) is 2. The molecule has 1 fully saturated rings. The Morgan fingerprint density at radius 3 is 2.33 bits per heavy atom. The smallest absolute Gasteiger partial charge is 0.305 e. The van der Waals surface area contributed by atoms with E-state index in [0.717, 1.165) is 19.3 Å². The van der Waals surface area contributed by atoms with E-state index < -0.39 is 11.5 Å². The van der Waals surface area contributed by atoms with E-state index in [1.807, 2.05) is 0 Å². The van der Waals surface area contributed by atoms with Crippen LogP contribution in [0.4, 0.5) is 0 Å². The van der Waals surface area contributed by atoms with Crippen LogP contribution in [-0.2, 0) is 4.79 Å². The van der Waals surface area contributed by atoms with Crippen LogP contribution in [0.25, 0.3) is 0 Å². The molecule has 0 unspecified atom stereocenters. The van der Waals surface area contributed by atoms with Crippen LogP contribution in [0.15, 0.2) is 4.99 Å². The molecule has 0 aliphatic heterocycles. The van der Waals surface area contributed by atoms with Gasteiger partial charge in [0.05, 0.1) is 12.0 Å². The number of rotatable bonds is 3. The Morgan fingerprint density at radius 1 is 1.50 bits per heavy atom. The topological polar surface area (TPSA) is 102 Å². The van der Waals surface area contributed by atoms with E-state index in [-0.39, 0.29) is 12.4 Å². The lowest BCUT2D eigenvalue weighted by Gasteiger charge is -2.36. The summed E-state index contributed by atoms with van der Waals surface area (Å²) in [6.07, 6.45) is 2.59. The average Bonchev–Trinajstić information content (AvgIpc) is 1.80. The quantitative estimate of drug-likeness (QED) is 0.399. The third-order valence-corrected chi connectivity index (χ3v) is 2.13. The minimum atomic E-state index is -0.847. The Labute approximate surface area is 70.5 Å². The highest BCUT2D eigenvalue weighted by molar-refractivity contribution is 5.77. The fraction of sp³-hybridized carbons (Fsp3) is 0.714. The van der Waals surface area contributed by atoms with Crippen LogP contribution in [0.5, 0.6) is 0 Å². The first-order valence-corrected chi connectivity index (χ1v) is 3.87. The molecule has 5 heteroatoms. The second-order valence-corrected chi connectivity index (χ2v) is 3.19. The van der Waals surface area contributed by atoms with E-state index in [9.17, 15) is 4.79 Å².